The second kappa shape index (κ2) is 17.3. The number of halogens is 2. The van der Waals surface area contributed by atoms with Gasteiger partial charge in [-0.3, -0.25) is 4.79 Å². The number of rotatable bonds is 11. The van der Waals surface area contributed by atoms with Gasteiger partial charge in [0.25, 0.3) is 0 Å². The molecule has 0 aliphatic carbocycles. The summed E-state index contributed by atoms with van der Waals surface area (Å²) >= 11 is 0. The highest BCUT2D eigenvalue weighted by Crippen LogP contribution is 2.46. The number of hydrogen-bond acceptors (Lipinski definition) is 5. The van der Waals surface area contributed by atoms with Gasteiger partial charge < -0.3 is 15.2 Å². The Morgan fingerprint density at radius 1 is 0.867 bits per heavy atom. The van der Waals surface area contributed by atoms with E-state index in [0.29, 0.717) is 6.42 Å². The van der Waals surface area contributed by atoms with E-state index in [1.54, 1.807) is 20.8 Å². The first-order chi connectivity index (χ1) is 21.2. The molecule has 7 nitrogen and oxygen atoms in total. The molecule has 10 heteroatoms. The maximum Gasteiger partial charge on any atom is 0.408 e. The van der Waals surface area contributed by atoms with E-state index in [-0.39, 0.29) is 17.6 Å². The SMILES string of the molecule is CC(C)C[C@H](NC(=O)OC(C)(C)C)C(=O)O.N#CC(C(=O)CCC(F)F)=P(c1ccccc1)(c1ccccc1)c1ccccc1. The number of nitriles is 1. The van der Waals surface area contributed by atoms with Crippen molar-refractivity contribution in [2.75, 3.05) is 0 Å². The van der Waals surface area contributed by atoms with Gasteiger partial charge >= 0.3 is 12.1 Å². The zero-order chi connectivity index (χ0) is 33.6. The first kappa shape index (κ1) is 36.9. The summed E-state index contributed by atoms with van der Waals surface area (Å²) in [6.07, 6.45) is -3.80. The highest BCUT2D eigenvalue weighted by molar-refractivity contribution is 7.96. The third-order valence-corrected chi connectivity index (χ3v) is 10.7. The summed E-state index contributed by atoms with van der Waals surface area (Å²) in [6.45, 7) is 6.15. The van der Waals surface area contributed by atoms with Crippen LogP contribution in [0.3, 0.4) is 0 Å². The van der Waals surface area contributed by atoms with Gasteiger partial charge in [-0.25, -0.2) is 18.4 Å². The molecule has 0 unspecified atom stereocenters. The van der Waals surface area contributed by atoms with Crippen molar-refractivity contribution >= 4 is 45.9 Å². The fraction of sp³-hybridized carbons (Fsp3) is 0.343. The van der Waals surface area contributed by atoms with E-state index < -0.39 is 49.2 Å². The minimum absolute atomic E-state index is 0.0572. The molecule has 0 aliphatic rings. The molecule has 0 aliphatic heterocycles. The van der Waals surface area contributed by atoms with Crippen molar-refractivity contribution < 1.29 is 33.0 Å². The van der Waals surface area contributed by atoms with Crippen molar-refractivity contribution in [1.82, 2.24) is 5.32 Å². The highest BCUT2D eigenvalue weighted by Gasteiger charge is 2.33. The number of alkyl carbamates (subject to hydrolysis) is 1. The Hall–Kier alpha value is -4.28. The molecule has 0 saturated carbocycles. The highest BCUT2D eigenvalue weighted by atomic mass is 31.2. The second-order valence-electron chi connectivity index (χ2n) is 11.7. The monoisotopic (exact) mass is 638 g/mol. The van der Waals surface area contributed by atoms with Crippen molar-refractivity contribution in [2.24, 2.45) is 5.92 Å². The molecule has 0 heterocycles. The average Bonchev–Trinajstić information content (AvgIpc) is 2.98. The summed E-state index contributed by atoms with van der Waals surface area (Å²) in [5, 5.41) is 24.0. The van der Waals surface area contributed by atoms with Crippen LogP contribution in [0.25, 0.3) is 0 Å². The van der Waals surface area contributed by atoms with Crippen molar-refractivity contribution in [3.8, 4) is 6.07 Å². The summed E-state index contributed by atoms with van der Waals surface area (Å²) in [7, 11) is 0. The van der Waals surface area contributed by atoms with Crippen LogP contribution < -0.4 is 21.2 Å². The number of carboxylic acids is 1. The third kappa shape index (κ3) is 11.0. The number of hydrogen-bond donors (Lipinski definition) is 2. The molecule has 0 spiro atoms. The topological polar surface area (TPSA) is 116 Å². The Morgan fingerprint density at radius 2 is 1.29 bits per heavy atom. The number of carbonyl (C=O) groups excluding carboxylic acids is 2. The number of ketones is 1. The number of carboxylic acid groups (broad SMARTS) is 1. The number of amides is 1. The Kier molecular flexibility index (Phi) is 14.2. The van der Waals surface area contributed by atoms with E-state index in [1.807, 2.05) is 105 Å². The van der Waals surface area contributed by atoms with Gasteiger partial charge in [0.2, 0.25) is 6.43 Å². The van der Waals surface area contributed by atoms with Crippen LogP contribution in [0.1, 0.15) is 53.9 Å². The number of Topliss-reactive ketones (excluding diaryl/α,β-unsaturated/α-hetero) is 1. The first-order valence-corrected chi connectivity index (χ1v) is 16.4. The number of benzene rings is 3. The Labute approximate surface area is 264 Å². The fourth-order valence-corrected chi connectivity index (χ4v) is 8.78. The number of carbonyl (C=O) groups is 3. The van der Waals surface area contributed by atoms with Crippen molar-refractivity contribution in [2.45, 2.75) is 71.9 Å². The lowest BCUT2D eigenvalue weighted by Crippen LogP contribution is -2.44. The minimum atomic E-state index is -2.82. The van der Waals surface area contributed by atoms with Crippen LogP contribution >= 0.6 is 6.89 Å². The van der Waals surface area contributed by atoms with Gasteiger partial charge in [0, 0.05) is 12.8 Å². The quantitative estimate of drug-likeness (QED) is 0.238. The maximum atomic E-state index is 13.1. The lowest BCUT2D eigenvalue weighted by atomic mass is 10.0. The van der Waals surface area contributed by atoms with Gasteiger partial charge in [-0.05, 0) is 55.9 Å². The van der Waals surface area contributed by atoms with Crippen LogP contribution in [0.5, 0.6) is 0 Å². The maximum absolute atomic E-state index is 13.1. The molecule has 0 bridgehead atoms. The molecular weight excluding hydrogens is 597 g/mol. The van der Waals surface area contributed by atoms with Gasteiger partial charge in [-0.2, -0.15) is 5.26 Å². The Morgan fingerprint density at radius 3 is 1.60 bits per heavy atom. The lowest BCUT2D eigenvalue weighted by Gasteiger charge is -2.30. The molecule has 3 aromatic rings. The molecule has 1 atom stereocenters. The Bertz CT molecular complexity index is 1400. The number of ether oxygens (including phenoxy) is 1. The normalized spacial score (nSPS) is 11.9. The molecule has 0 fully saturated rings. The largest absolute Gasteiger partial charge is 0.480 e. The number of alkyl halides is 2. The molecule has 0 radical (unpaired) electrons. The van der Waals surface area contributed by atoms with Crippen LogP contribution in [0, 0.1) is 17.2 Å². The van der Waals surface area contributed by atoms with Gasteiger partial charge in [0.1, 0.15) is 23.0 Å². The molecule has 45 heavy (non-hydrogen) atoms. The van der Waals surface area contributed by atoms with E-state index in [9.17, 15) is 28.4 Å². The lowest BCUT2D eigenvalue weighted by molar-refractivity contribution is -0.139. The summed E-state index contributed by atoms with van der Waals surface area (Å²) < 4.78 is 30.6. The standard InChI is InChI=1S/C24H20F2NOP.C11H21NO4/c25-24(26)17-16-22(28)23(18-27)29(19-10-4-1-5-11-19,20-12-6-2-7-13-20)21-14-8-3-9-15-21;1-7(2)6-8(9(13)14)12-10(15)16-11(3,4)5/h1-15,24H,16-17H2;7-8H,6H2,1-5H3,(H,12,15)(H,13,14)/t;8-/m.0/s1. The molecule has 2 N–H and O–H groups in total. The number of nitrogens with zero attached hydrogens (tertiary/aromatic N) is 1. The summed E-state index contributed by atoms with van der Waals surface area (Å²) in [6, 6.07) is 29.5. The second-order valence-corrected chi connectivity index (χ2v) is 15.0. The van der Waals surface area contributed by atoms with Gasteiger partial charge in [0.05, 0.1) is 0 Å². The predicted molar refractivity (Wildman–Crippen MR) is 176 cm³/mol. The van der Waals surface area contributed by atoms with Crippen molar-refractivity contribution in [3.05, 3.63) is 91.0 Å². The zero-order valence-electron chi connectivity index (χ0n) is 26.2. The molecule has 3 aromatic carbocycles. The summed E-state index contributed by atoms with van der Waals surface area (Å²) in [5.41, 5.74) is -0.620. The van der Waals surface area contributed by atoms with Gasteiger partial charge in [-0.1, -0.05) is 105 Å². The van der Waals surface area contributed by atoms with Crippen LogP contribution in [0.4, 0.5) is 13.6 Å². The summed E-state index contributed by atoms with van der Waals surface area (Å²) in [5.74, 6) is -1.37. The number of nitrogens with one attached hydrogen (secondary N) is 1. The minimum Gasteiger partial charge on any atom is -0.480 e. The van der Waals surface area contributed by atoms with Crippen LogP contribution in [0.15, 0.2) is 91.0 Å². The molecule has 240 valence electrons. The van der Waals surface area contributed by atoms with Crippen LogP contribution in [-0.2, 0) is 14.3 Å². The molecule has 1 amide bonds. The fourth-order valence-electron chi connectivity index (χ4n) is 4.62. The predicted octanol–water partition coefficient (Wildman–Crippen LogP) is 6.30. The van der Waals surface area contributed by atoms with Crippen LogP contribution in [0.2, 0.25) is 0 Å². The van der Waals surface area contributed by atoms with E-state index >= 15 is 0 Å². The van der Waals surface area contributed by atoms with Crippen molar-refractivity contribution in [3.63, 3.8) is 0 Å². The molecule has 0 saturated heterocycles. The van der Waals surface area contributed by atoms with E-state index in [1.165, 1.54) is 0 Å². The smallest absolute Gasteiger partial charge is 0.408 e. The van der Waals surface area contributed by atoms with Gasteiger partial charge in [0.15, 0.2) is 5.78 Å². The molecule has 0 aromatic heterocycles. The summed E-state index contributed by atoms with van der Waals surface area (Å²) in [4.78, 5) is 35.3. The zero-order valence-corrected chi connectivity index (χ0v) is 27.1. The Balaban J connectivity index is 0.000000376. The van der Waals surface area contributed by atoms with E-state index in [4.69, 9.17) is 9.84 Å². The van der Waals surface area contributed by atoms with Gasteiger partial charge in [-0.15, -0.1) is 0 Å². The first-order valence-electron chi connectivity index (χ1n) is 14.6. The van der Waals surface area contributed by atoms with Crippen LogP contribution in [-0.4, -0.2) is 46.3 Å². The third-order valence-electron chi connectivity index (χ3n) is 6.42. The average molecular weight is 639 g/mol. The number of aliphatic carboxylic acids is 1. The molecular formula is C35H41F2N2O5P. The van der Waals surface area contributed by atoms with E-state index in [0.717, 1.165) is 15.9 Å². The molecule has 3 rings (SSSR count). The van der Waals surface area contributed by atoms with Crippen molar-refractivity contribution in [1.29, 1.82) is 5.26 Å². The van der Waals surface area contributed by atoms with E-state index in [2.05, 4.69) is 11.4 Å².